The molecule has 1 saturated carbocycles. The van der Waals surface area contributed by atoms with Crippen LogP contribution in [0.5, 0.6) is 0 Å². The fourth-order valence-corrected chi connectivity index (χ4v) is 5.94. The van der Waals surface area contributed by atoms with Crippen LogP contribution in [0.1, 0.15) is 48.7 Å². The van der Waals surface area contributed by atoms with Crippen molar-refractivity contribution in [2.24, 2.45) is 0 Å². The molecule has 1 fully saturated rings. The molecule has 1 aliphatic carbocycles. The molecule has 1 aliphatic rings. The van der Waals surface area contributed by atoms with Gasteiger partial charge in [0.05, 0.1) is 0 Å². The second-order valence-electron chi connectivity index (χ2n) is 10.1. The molecule has 1 unspecified atom stereocenters. The van der Waals surface area contributed by atoms with Crippen LogP contribution in [0.2, 0.25) is 0 Å². The fraction of sp³-hybridized carbons (Fsp3) is 0.407. The van der Waals surface area contributed by atoms with E-state index in [0.29, 0.717) is 25.7 Å². The van der Waals surface area contributed by atoms with Crippen LogP contribution in [0.4, 0.5) is 13.2 Å². The molecule has 38 heavy (non-hydrogen) atoms. The number of nitrogens with one attached hydrogen (secondary N) is 2. The van der Waals surface area contributed by atoms with Crippen molar-refractivity contribution in [3.05, 3.63) is 77.7 Å². The van der Waals surface area contributed by atoms with Gasteiger partial charge in [0.2, 0.25) is 0 Å². The summed E-state index contributed by atoms with van der Waals surface area (Å²) >= 11 is 0. The van der Waals surface area contributed by atoms with Crippen molar-refractivity contribution in [3.63, 3.8) is 0 Å². The van der Waals surface area contributed by atoms with Crippen LogP contribution >= 0.6 is 0 Å². The Labute approximate surface area is 218 Å². The SMILES string of the molecule is CN(C)C1(c2ccccc2)CCC(N(C(=O)C(F)(F)F)C(Cc2c[nH]c3ccccc23)c2nn[nH]n2)CC1. The molecule has 200 valence electrons. The number of fused-ring (bicyclic) bond motifs is 1. The van der Waals surface area contributed by atoms with Gasteiger partial charge in [-0.1, -0.05) is 53.7 Å². The summed E-state index contributed by atoms with van der Waals surface area (Å²) in [5.41, 5.74) is 2.42. The van der Waals surface area contributed by atoms with E-state index in [1.807, 2.05) is 56.6 Å². The van der Waals surface area contributed by atoms with Crippen LogP contribution < -0.4 is 0 Å². The van der Waals surface area contributed by atoms with Gasteiger partial charge in [-0.3, -0.25) is 9.69 Å². The van der Waals surface area contributed by atoms with Crippen molar-refractivity contribution in [1.82, 2.24) is 35.4 Å². The van der Waals surface area contributed by atoms with E-state index in [1.165, 1.54) is 0 Å². The summed E-state index contributed by atoms with van der Waals surface area (Å²) in [7, 11) is 3.98. The Bertz CT molecular complexity index is 1360. The van der Waals surface area contributed by atoms with Gasteiger partial charge in [0.25, 0.3) is 0 Å². The summed E-state index contributed by atoms with van der Waals surface area (Å²) in [4.78, 5) is 19.3. The van der Waals surface area contributed by atoms with Crippen molar-refractivity contribution in [2.45, 2.75) is 55.9 Å². The third-order valence-electron chi connectivity index (χ3n) is 7.90. The van der Waals surface area contributed by atoms with Crippen LogP contribution in [0.15, 0.2) is 60.8 Å². The minimum Gasteiger partial charge on any atom is -0.361 e. The number of carbonyl (C=O) groups is 1. The van der Waals surface area contributed by atoms with Crippen molar-refractivity contribution in [1.29, 1.82) is 0 Å². The first-order valence-corrected chi connectivity index (χ1v) is 12.6. The average Bonchev–Trinajstić information content (AvgIpc) is 3.59. The summed E-state index contributed by atoms with van der Waals surface area (Å²) in [5, 5.41) is 14.9. The molecule has 2 heterocycles. The van der Waals surface area contributed by atoms with Gasteiger partial charge in [-0.05, 0) is 57.0 Å². The molecule has 1 amide bonds. The van der Waals surface area contributed by atoms with Gasteiger partial charge < -0.3 is 9.88 Å². The zero-order valence-corrected chi connectivity index (χ0v) is 21.2. The number of aromatic amines is 2. The quantitative estimate of drug-likeness (QED) is 0.363. The Morgan fingerprint density at radius 1 is 1.08 bits per heavy atom. The number of aromatic nitrogens is 5. The third kappa shape index (κ3) is 4.78. The van der Waals surface area contributed by atoms with Crippen LogP contribution in [0.3, 0.4) is 0 Å². The van der Waals surface area contributed by atoms with Crippen molar-refractivity contribution in [2.75, 3.05) is 14.1 Å². The molecular weight excluding hydrogens is 495 g/mol. The lowest BCUT2D eigenvalue weighted by Gasteiger charge is -2.48. The monoisotopic (exact) mass is 525 g/mol. The largest absolute Gasteiger partial charge is 0.471 e. The molecule has 0 spiro atoms. The molecule has 1 atom stereocenters. The fourth-order valence-electron chi connectivity index (χ4n) is 5.94. The highest BCUT2D eigenvalue weighted by Crippen LogP contribution is 2.44. The Kier molecular flexibility index (Phi) is 6.95. The number of carbonyl (C=O) groups excluding carboxylic acids is 1. The second-order valence-corrected chi connectivity index (χ2v) is 10.1. The van der Waals surface area contributed by atoms with Crippen molar-refractivity contribution >= 4 is 16.8 Å². The molecule has 2 N–H and O–H groups in total. The van der Waals surface area contributed by atoms with Gasteiger partial charge in [0, 0.05) is 35.1 Å². The van der Waals surface area contributed by atoms with Crippen molar-refractivity contribution < 1.29 is 18.0 Å². The third-order valence-corrected chi connectivity index (χ3v) is 7.90. The highest BCUT2D eigenvalue weighted by atomic mass is 19.4. The maximum atomic E-state index is 14.1. The molecule has 0 bridgehead atoms. The number of tetrazole rings is 1. The number of nitrogens with zero attached hydrogens (tertiary/aromatic N) is 5. The standard InChI is InChI=1S/C27H30F3N7O/c1-36(2)26(19-8-4-3-5-9-19)14-12-20(13-15-26)37(25(38)27(28,29)30)23(24-32-34-35-33-24)16-18-17-31-22-11-7-6-10-21(18)22/h3-11,17,20,23,31H,12-16H2,1-2H3,(H,32,33,34,35). The van der Waals surface area contributed by atoms with Gasteiger partial charge >= 0.3 is 12.1 Å². The number of H-pyrrole nitrogens is 2. The van der Waals surface area contributed by atoms with Gasteiger partial charge in [-0.15, -0.1) is 10.2 Å². The summed E-state index contributed by atoms with van der Waals surface area (Å²) < 4.78 is 42.2. The number of alkyl halides is 3. The second kappa shape index (κ2) is 10.2. The maximum absolute atomic E-state index is 14.1. The van der Waals surface area contributed by atoms with E-state index in [4.69, 9.17) is 0 Å². The predicted molar refractivity (Wildman–Crippen MR) is 136 cm³/mol. The average molecular weight is 526 g/mol. The van der Waals surface area contributed by atoms with E-state index in [-0.39, 0.29) is 17.8 Å². The number of benzene rings is 2. The van der Waals surface area contributed by atoms with E-state index in [1.54, 1.807) is 6.20 Å². The Morgan fingerprint density at radius 2 is 1.76 bits per heavy atom. The van der Waals surface area contributed by atoms with E-state index in [2.05, 4.69) is 42.6 Å². The Hall–Kier alpha value is -3.73. The lowest BCUT2D eigenvalue weighted by atomic mass is 9.73. The number of para-hydroxylation sites is 1. The van der Waals surface area contributed by atoms with Gasteiger partial charge in [0.15, 0.2) is 5.82 Å². The van der Waals surface area contributed by atoms with Crippen LogP contribution in [0.25, 0.3) is 10.9 Å². The predicted octanol–water partition coefficient (Wildman–Crippen LogP) is 4.76. The normalized spacial score (nSPS) is 21.1. The first-order chi connectivity index (χ1) is 18.2. The number of rotatable bonds is 7. The van der Waals surface area contributed by atoms with Gasteiger partial charge in [0.1, 0.15) is 6.04 Å². The zero-order valence-electron chi connectivity index (χ0n) is 21.2. The molecule has 2 aromatic carbocycles. The maximum Gasteiger partial charge on any atom is 0.471 e. The molecule has 0 saturated heterocycles. The summed E-state index contributed by atoms with van der Waals surface area (Å²) in [6.45, 7) is 0. The van der Waals surface area contributed by atoms with Gasteiger partial charge in [-0.2, -0.15) is 18.4 Å². The summed E-state index contributed by atoms with van der Waals surface area (Å²) in [6, 6.07) is 15.9. The number of hydrogen-bond acceptors (Lipinski definition) is 5. The molecule has 0 radical (unpaired) electrons. The molecule has 4 aromatic rings. The number of halogens is 3. The van der Waals surface area contributed by atoms with E-state index in [9.17, 15) is 18.0 Å². The van der Waals surface area contributed by atoms with E-state index >= 15 is 0 Å². The summed E-state index contributed by atoms with van der Waals surface area (Å²) in [6.07, 6.45) is -1.17. The lowest BCUT2D eigenvalue weighted by Crippen LogP contribution is -2.54. The number of hydrogen-bond donors (Lipinski definition) is 2. The highest BCUT2D eigenvalue weighted by molar-refractivity contribution is 5.84. The zero-order chi connectivity index (χ0) is 26.9. The topological polar surface area (TPSA) is 93.8 Å². The van der Waals surface area contributed by atoms with Crippen molar-refractivity contribution in [3.8, 4) is 0 Å². The van der Waals surface area contributed by atoms with Gasteiger partial charge in [-0.25, -0.2) is 0 Å². The first-order valence-electron chi connectivity index (χ1n) is 12.6. The minimum absolute atomic E-state index is 0.0559. The Morgan fingerprint density at radius 3 is 2.39 bits per heavy atom. The first kappa shape index (κ1) is 25.9. The molecular formula is C27H30F3N7O. The molecule has 11 heteroatoms. The Balaban J connectivity index is 1.51. The van der Waals surface area contributed by atoms with Crippen LogP contribution in [0, 0.1) is 0 Å². The smallest absolute Gasteiger partial charge is 0.361 e. The molecule has 5 rings (SSSR count). The van der Waals surface area contributed by atoms with Crippen LogP contribution in [-0.2, 0) is 16.8 Å². The lowest BCUT2D eigenvalue weighted by molar-refractivity contribution is -0.192. The number of amides is 1. The summed E-state index contributed by atoms with van der Waals surface area (Å²) in [5.74, 6) is -1.82. The minimum atomic E-state index is -5.04. The molecule has 2 aromatic heterocycles. The molecule has 8 nitrogen and oxygen atoms in total. The highest BCUT2D eigenvalue weighted by Gasteiger charge is 2.50. The van der Waals surface area contributed by atoms with Crippen LogP contribution in [-0.4, -0.2) is 67.6 Å². The van der Waals surface area contributed by atoms with E-state index < -0.39 is 24.2 Å². The van der Waals surface area contributed by atoms with E-state index in [0.717, 1.165) is 26.9 Å². The molecule has 0 aliphatic heterocycles.